The normalized spacial score (nSPS) is 12.4. The first-order valence-electron chi connectivity index (χ1n) is 6.03. The molecular weight excluding hydrogens is 210 g/mol. The Bertz CT molecular complexity index is 519. The van der Waals surface area contributed by atoms with E-state index in [-0.39, 0.29) is 6.61 Å². The second-order valence-corrected chi connectivity index (χ2v) is 4.40. The van der Waals surface area contributed by atoms with Gasteiger partial charge in [0.15, 0.2) is 0 Å². The van der Waals surface area contributed by atoms with Gasteiger partial charge in [0, 0.05) is 23.6 Å². The quantitative estimate of drug-likeness (QED) is 0.858. The minimum atomic E-state index is 0.136. The average Bonchev–Trinajstić information content (AvgIpc) is 2.61. The minimum Gasteiger partial charge on any atom is -0.392 e. The average molecular weight is 229 g/mol. The number of hydrogen-bond donors (Lipinski definition) is 1. The van der Waals surface area contributed by atoms with Gasteiger partial charge in [0.25, 0.3) is 0 Å². The van der Waals surface area contributed by atoms with Crippen LogP contribution in [0.2, 0.25) is 0 Å². The Kier molecular flexibility index (Phi) is 3.34. The zero-order chi connectivity index (χ0) is 12.4. The monoisotopic (exact) mass is 229 g/mol. The highest BCUT2D eigenvalue weighted by Gasteiger charge is 2.09. The maximum atomic E-state index is 9.27. The minimum absolute atomic E-state index is 0.136. The zero-order valence-corrected chi connectivity index (χ0v) is 10.7. The number of fused-ring (bicyclic) bond motifs is 1. The number of para-hydroxylation sites is 1. The van der Waals surface area contributed by atoms with E-state index >= 15 is 0 Å². The number of nitrogens with zero attached hydrogens (tertiary/aromatic N) is 1. The summed E-state index contributed by atoms with van der Waals surface area (Å²) in [6.45, 7) is 4.34. The summed E-state index contributed by atoms with van der Waals surface area (Å²) in [7, 11) is 2.08. The van der Waals surface area contributed by atoms with E-state index < -0.39 is 0 Å². The molecule has 0 aliphatic heterocycles. The smallest absolute Gasteiger partial charge is 0.0645 e. The number of aromatic nitrogens is 1. The highest BCUT2D eigenvalue weighted by atomic mass is 16.3. The third kappa shape index (κ3) is 2.01. The Balaban J connectivity index is 2.66. The van der Waals surface area contributed by atoms with Crippen molar-refractivity contribution in [1.29, 1.82) is 0 Å². The second kappa shape index (κ2) is 4.76. The van der Waals surface area contributed by atoms with E-state index in [1.54, 1.807) is 0 Å². The summed E-state index contributed by atoms with van der Waals surface area (Å²) in [5.74, 6) is 0. The maximum Gasteiger partial charge on any atom is 0.0645 e. The summed E-state index contributed by atoms with van der Waals surface area (Å²) < 4.78 is 2.19. The molecule has 0 radical (unpaired) electrons. The van der Waals surface area contributed by atoms with E-state index in [0.29, 0.717) is 0 Å². The fraction of sp³-hybridized carbons (Fsp3) is 0.333. The lowest BCUT2D eigenvalue weighted by atomic mass is 10.1. The Morgan fingerprint density at radius 1 is 1.35 bits per heavy atom. The molecule has 1 N–H and O–H groups in total. The molecule has 0 aliphatic rings. The first kappa shape index (κ1) is 11.9. The van der Waals surface area contributed by atoms with Gasteiger partial charge in [-0.1, -0.05) is 25.1 Å². The lowest BCUT2D eigenvalue weighted by Gasteiger charge is -2.03. The molecule has 0 unspecified atom stereocenters. The highest BCUT2D eigenvalue weighted by molar-refractivity contribution is 5.88. The molecule has 0 fully saturated rings. The van der Waals surface area contributed by atoms with Gasteiger partial charge >= 0.3 is 0 Å². The van der Waals surface area contributed by atoms with Crippen LogP contribution < -0.4 is 0 Å². The van der Waals surface area contributed by atoms with Crippen molar-refractivity contribution in [3.05, 3.63) is 41.1 Å². The summed E-state index contributed by atoms with van der Waals surface area (Å²) in [6, 6.07) is 8.40. The fourth-order valence-corrected chi connectivity index (χ4v) is 2.26. The number of aliphatic hydroxyl groups is 1. The molecule has 1 aromatic heterocycles. The van der Waals surface area contributed by atoms with Crippen molar-refractivity contribution in [2.75, 3.05) is 6.61 Å². The van der Waals surface area contributed by atoms with Crippen LogP contribution in [0.4, 0.5) is 0 Å². The predicted molar refractivity (Wildman–Crippen MR) is 73.0 cm³/mol. The molecule has 0 aliphatic carbocycles. The molecule has 2 aromatic rings. The first-order chi connectivity index (χ1) is 8.19. The van der Waals surface area contributed by atoms with Crippen LogP contribution in [0.5, 0.6) is 0 Å². The van der Waals surface area contributed by atoms with Crippen LogP contribution in [0.3, 0.4) is 0 Å². The van der Waals surface area contributed by atoms with Gasteiger partial charge in [-0.05, 0) is 36.6 Å². The summed E-state index contributed by atoms with van der Waals surface area (Å²) >= 11 is 0. The third-order valence-corrected chi connectivity index (χ3v) is 3.41. The summed E-state index contributed by atoms with van der Waals surface area (Å²) in [5.41, 5.74) is 4.78. The van der Waals surface area contributed by atoms with Crippen LogP contribution >= 0.6 is 0 Å². The van der Waals surface area contributed by atoms with E-state index in [1.807, 2.05) is 0 Å². The molecule has 2 nitrogen and oxygen atoms in total. The van der Waals surface area contributed by atoms with Crippen LogP contribution in [0.25, 0.3) is 17.0 Å². The Morgan fingerprint density at radius 2 is 2.06 bits per heavy atom. The molecule has 1 heterocycles. The molecule has 0 amide bonds. The molecular formula is C15H19NO. The molecule has 17 heavy (non-hydrogen) atoms. The fourth-order valence-electron chi connectivity index (χ4n) is 2.26. The Labute approximate surface area is 102 Å². The van der Waals surface area contributed by atoms with Gasteiger partial charge in [-0.2, -0.15) is 0 Å². The van der Waals surface area contributed by atoms with Crippen molar-refractivity contribution in [3.8, 4) is 0 Å². The summed E-state index contributed by atoms with van der Waals surface area (Å²) in [4.78, 5) is 0. The van der Waals surface area contributed by atoms with Crippen molar-refractivity contribution < 1.29 is 5.11 Å². The van der Waals surface area contributed by atoms with Crippen LogP contribution in [-0.2, 0) is 7.05 Å². The van der Waals surface area contributed by atoms with E-state index in [2.05, 4.69) is 55.8 Å². The molecule has 2 heteroatoms. The topological polar surface area (TPSA) is 25.2 Å². The van der Waals surface area contributed by atoms with Gasteiger partial charge < -0.3 is 9.67 Å². The van der Waals surface area contributed by atoms with E-state index in [1.165, 1.54) is 22.2 Å². The van der Waals surface area contributed by atoms with Gasteiger partial charge in [0.05, 0.1) is 6.61 Å². The van der Waals surface area contributed by atoms with E-state index in [9.17, 15) is 5.11 Å². The summed E-state index contributed by atoms with van der Waals surface area (Å²) in [5, 5.41) is 10.6. The second-order valence-electron chi connectivity index (χ2n) is 4.40. The lowest BCUT2D eigenvalue weighted by molar-refractivity contribution is 0.329. The number of hydrogen-bond acceptors (Lipinski definition) is 1. The SMILES string of the molecule is CC/C(=C/c1c(C)c2ccccc2n1C)CO. The first-order valence-corrected chi connectivity index (χ1v) is 6.03. The van der Waals surface area contributed by atoms with Crippen molar-refractivity contribution in [1.82, 2.24) is 4.57 Å². The molecule has 0 bridgehead atoms. The lowest BCUT2D eigenvalue weighted by Crippen LogP contribution is -1.95. The summed E-state index contributed by atoms with van der Waals surface area (Å²) in [6.07, 6.45) is 2.99. The van der Waals surface area contributed by atoms with Crippen LogP contribution in [0, 0.1) is 6.92 Å². The van der Waals surface area contributed by atoms with Gasteiger partial charge in [0.1, 0.15) is 0 Å². The van der Waals surface area contributed by atoms with Crippen molar-refractivity contribution in [2.24, 2.45) is 7.05 Å². The van der Waals surface area contributed by atoms with Crippen LogP contribution in [-0.4, -0.2) is 16.3 Å². The van der Waals surface area contributed by atoms with Gasteiger partial charge in [-0.15, -0.1) is 0 Å². The predicted octanol–water partition coefficient (Wildman–Crippen LogP) is 3.27. The van der Waals surface area contributed by atoms with Gasteiger partial charge in [-0.25, -0.2) is 0 Å². The Hall–Kier alpha value is -1.54. The van der Waals surface area contributed by atoms with E-state index in [0.717, 1.165) is 12.0 Å². The third-order valence-electron chi connectivity index (χ3n) is 3.41. The number of benzene rings is 1. The number of aliphatic hydroxyl groups excluding tert-OH is 1. The maximum absolute atomic E-state index is 9.27. The standard InChI is InChI=1S/C15H19NO/c1-4-12(10-17)9-15-11(2)13-7-5-6-8-14(13)16(15)3/h5-9,17H,4,10H2,1-3H3/b12-9-. The van der Waals surface area contributed by atoms with Gasteiger partial charge in [0.2, 0.25) is 0 Å². The Morgan fingerprint density at radius 3 is 2.65 bits per heavy atom. The highest BCUT2D eigenvalue weighted by Crippen LogP contribution is 2.26. The zero-order valence-electron chi connectivity index (χ0n) is 10.7. The molecule has 0 saturated heterocycles. The van der Waals surface area contributed by atoms with Crippen LogP contribution in [0.15, 0.2) is 29.8 Å². The molecule has 0 spiro atoms. The van der Waals surface area contributed by atoms with E-state index in [4.69, 9.17) is 0 Å². The van der Waals surface area contributed by atoms with Crippen molar-refractivity contribution in [3.63, 3.8) is 0 Å². The largest absolute Gasteiger partial charge is 0.392 e. The molecule has 1 aromatic carbocycles. The molecule has 90 valence electrons. The molecule has 2 rings (SSSR count). The molecule has 0 atom stereocenters. The number of rotatable bonds is 3. The molecule has 0 saturated carbocycles. The van der Waals surface area contributed by atoms with Crippen LogP contribution in [0.1, 0.15) is 24.6 Å². The van der Waals surface area contributed by atoms with Crippen molar-refractivity contribution >= 4 is 17.0 Å². The van der Waals surface area contributed by atoms with Crippen molar-refractivity contribution in [2.45, 2.75) is 20.3 Å². The van der Waals surface area contributed by atoms with Gasteiger partial charge in [-0.3, -0.25) is 0 Å². The number of aryl methyl sites for hydroxylation is 2.